The van der Waals surface area contributed by atoms with Gasteiger partial charge in [-0.15, -0.1) is 0 Å². The first-order chi connectivity index (χ1) is 15.8. The number of aromatic nitrogens is 1. The zero-order chi connectivity index (χ0) is 24.0. The van der Waals surface area contributed by atoms with Gasteiger partial charge in [0.25, 0.3) is 5.91 Å². The Kier molecular flexibility index (Phi) is 8.45. The number of carbonyl (C=O) groups excluding carboxylic acids is 1. The first-order valence-electron chi connectivity index (χ1n) is 11.2. The molecule has 0 aliphatic heterocycles. The number of thiazole rings is 1. The van der Waals surface area contributed by atoms with Gasteiger partial charge in [-0.05, 0) is 56.4 Å². The topological polar surface area (TPSA) is 79.8 Å². The molecule has 0 N–H and O–H groups in total. The van der Waals surface area contributed by atoms with Gasteiger partial charge in [-0.3, -0.25) is 9.69 Å². The number of nitrogens with zero attached hydrogens (tertiary/aromatic N) is 3. The minimum Gasteiger partial charge on any atom is -0.494 e. The number of sulfone groups is 1. The standard InChI is InChI=1S/C24H31N3O4S2/c1-5-26(6-2)14-15-27(23(28)18-10-9-11-20(16-18)33(29,30)8-4)24-25-21-13-12-19(31-7-3)17-22(21)32-24/h9-13,16-17H,5-8,14-15H2,1-4H3. The molecule has 0 aliphatic carbocycles. The SMILES string of the molecule is CCOc1ccc2nc(N(CCN(CC)CC)C(=O)c3cccc(S(=O)(=O)CC)c3)sc2c1. The number of amides is 1. The van der Waals surface area contributed by atoms with Crippen molar-refractivity contribution in [1.82, 2.24) is 9.88 Å². The fourth-order valence-corrected chi connectivity index (χ4v) is 5.42. The summed E-state index contributed by atoms with van der Waals surface area (Å²) in [6.45, 7) is 11.2. The summed E-state index contributed by atoms with van der Waals surface area (Å²) in [5, 5.41) is 0.583. The van der Waals surface area contributed by atoms with Crippen molar-refractivity contribution in [2.75, 3.05) is 43.4 Å². The first kappa shape index (κ1) is 25.1. The Morgan fingerprint density at radius 2 is 1.79 bits per heavy atom. The summed E-state index contributed by atoms with van der Waals surface area (Å²) in [5.74, 6) is 0.481. The van der Waals surface area contributed by atoms with E-state index in [-0.39, 0.29) is 16.6 Å². The highest BCUT2D eigenvalue weighted by molar-refractivity contribution is 7.91. The van der Waals surface area contributed by atoms with Crippen LogP contribution in [0.15, 0.2) is 47.4 Å². The number of benzene rings is 2. The molecule has 0 atom stereocenters. The van der Waals surface area contributed by atoms with E-state index >= 15 is 0 Å². The van der Waals surface area contributed by atoms with E-state index in [0.717, 1.165) is 29.1 Å². The molecule has 33 heavy (non-hydrogen) atoms. The Labute approximate surface area is 199 Å². The molecule has 0 saturated carbocycles. The number of hydrogen-bond acceptors (Lipinski definition) is 7. The van der Waals surface area contributed by atoms with E-state index in [1.54, 1.807) is 24.0 Å². The van der Waals surface area contributed by atoms with Crippen molar-refractivity contribution in [2.24, 2.45) is 0 Å². The molecular formula is C24H31N3O4S2. The summed E-state index contributed by atoms with van der Waals surface area (Å²) in [4.78, 5) is 22.4. The van der Waals surface area contributed by atoms with E-state index in [0.29, 0.717) is 30.4 Å². The molecule has 0 aliphatic rings. The van der Waals surface area contributed by atoms with Crippen LogP contribution < -0.4 is 9.64 Å². The molecule has 1 heterocycles. The van der Waals surface area contributed by atoms with Crippen LogP contribution in [0.4, 0.5) is 5.13 Å². The Morgan fingerprint density at radius 3 is 2.45 bits per heavy atom. The first-order valence-corrected chi connectivity index (χ1v) is 13.7. The number of anilines is 1. The summed E-state index contributed by atoms with van der Waals surface area (Å²) >= 11 is 1.43. The molecule has 7 nitrogen and oxygen atoms in total. The van der Waals surface area contributed by atoms with Gasteiger partial charge in [0, 0.05) is 18.7 Å². The number of fused-ring (bicyclic) bond motifs is 1. The van der Waals surface area contributed by atoms with Crippen molar-refractivity contribution in [2.45, 2.75) is 32.6 Å². The smallest absolute Gasteiger partial charge is 0.260 e. The maximum atomic E-state index is 13.6. The van der Waals surface area contributed by atoms with Gasteiger partial charge < -0.3 is 9.64 Å². The number of ether oxygens (including phenoxy) is 1. The lowest BCUT2D eigenvalue weighted by Gasteiger charge is -2.25. The Morgan fingerprint density at radius 1 is 1.03 bits per heavy atom. The Hall–Kier alpha value is -2.49. The highest BCUT2D eigenvalue weighted by Crippen LogP contribution is 2.32. The van der Waals surface area contributed by atoms with Gasteiger partial charge in [-0.1, -0.05) is 38.2 Å². The van der Waals surface area contributed by atoms with E-state index < -0.39 is 9.84 Å². The van der Waals surface area contributed by atoms with Crippen molar-refractivity contribution >= 4 is 42.4 Å². The molecule has 0 bridgehead atoms. The van der Waals surface area contributed by atoms with Crippen LogP contribution in [0.3, 0.4) is 0 Å². The molecule has 0 spiro atoms. The largest absolute Gasteiger partial charge is 0.494 e. The molecule has 0 radical (unpaired) electrons. The minimum atomic E-state index is -3.41. The zero-order valence-electron chi connectivity index (χ0n) is 19.6. The highest BCUT2D eigenvalue weighted by Gasteiger charge is 2.23. The van der Waals surface area contributed by atoms with Crippen LogP contribution in [0.1, 0.15) is 38.1 Å². The van der Waals surface area contributed by atoms with Gasteiger partial charge in [0.1, 0.15) is 5.75 Å². The van der Waals surface area contributed by atoms with E-state index in [1.807, 2.05) is 25.1 Å². The van der Waals surface area contributed by atoms with E-state index in [9.17, 15) is 13.2 Å². The second-order valence-electron chi connectivity index (χ2n) is 7.47. The molecular weight excluding hydrogens is 458 g/mol. The fraction of sp³-hybridized carbons (Fsp3) is 0.417. The Balaban J connectivity index is 2.00. The lowest BCUT2D eigenvalue weighted by atomic mass is 10.2. The third kappa shape index (κ3) is 5.90. The number of rotatable bonds is 11. The third-order valence-electron chi connectivity index (χ3n) is 5.49. The Bertz CT molecular complexity index is 1200. The van der Waals surface area contributed by atoms with E-state index in [2.05, 4.69) is 18.7 Å². The monoisotopic (exact) mass is 489 g/mol. The van der Waals surface area contributed by atoms with Crippen LogP contribution in [0.2, 0.25) is 0 Å². The second kappa shape index (κ2) is 11.1. The van der Waals surface area contributed by atoms with Gasteiger partial charge in [0.05, 0.1) is 27.5 Å². The van der Waals surface area contributed by atoms with Crippen LogP contribution in [-0.2, 0) is 9.84 Å². The van der Waals surface area contributed by atoms with Gasteiger partial charge in [-0.25, -0.2) is 13.4 Å². The summed E-state index contributed by atoms with van der Waals surface area (Å²) in [6, 6.07) is 12.0. The predicted octanol–water partition coefficient (Wildman–Crippen LogP) is 4.48. The van der Waals surface area contributed by atoms with Crippen LogP contribution in [0.5, 0.6) is 5.75 Å². The van der Waals surface area contributed by atoms with E-state index in [4.69, 9.17) is 9.72 Å². The third-order valence-corrected chi connectivity index (χ3v) is 8.26. The van der Waals surface area contributed by atoms with Crippen LogP contribution in [0, 0.1) is 0 Å². The molecule has 2 aromatic carbocycles. The van der Waals surface area contributed by atoms with Gasteiger partial charge in [-0.2, -0.15) is 0 Å². The molecule has 0 fully saturated rings. The number of hydrogen-bond donors (Lipinski definition) is 0. The normalized spacial score (nSPS) is 11.8. The highest BCUT2D eigenvalue weighted by atomic mass is 32.2. The molecule has 9 heteroatoms. The van der Waals surface area contributed by atoms with Gasteiger partial charge in [0.2, 0.25) is 0 Å². The maximum absolute atomic E-state index is 13.6. The summed E-state index contributed by atoms with van der Waals surface area (Å²) in [7, 11) is -3.41. The molecule has 0 unspecified atom stereocenters. The molecule has 0 saturated heterocycles. The molecule has 1 amide bonds. The van der Waals surface area contributed by atoms with Crippen LogP contribution >= 0.6 is 11.3 Å². The summed E-state index contributed by atoms with van der Waals surface area (Å²) in [6.07, 6.45) is 0. The minimum absolute atomic E-state index is 0.0175. The number of likely N-dealkylation sites (N-methyl/N-ethyl adjacent to an activating group) is 1. The van der Waals surface area contributed by atoms with Gasteiger partial charge in [0.15, 0.2) is 15.0 Å². The van der Waals surface area contributed by atoms with Crippen molar-refractivity contribution in [3.63, 3.8) is 0 Å². The molecule has 3 aromatic rings. The second-order valence-corrected chi connectivity index (χ2v) is 10.8. The van der Waals surface area contributed by atoms with Crippen molar-refractivity contribution in [3.05, 3.63) is 48.0 Å². The van der Waals surface area contributed by atoms with Gasteiger partial charge >= 0.3 is 0 Å². The lowest BCUT2D eigenvalue weighted by Crippen LogP contribution is -2.39. The van der Waals surface area contributed by atoms with E-state index in [1.165, 1.54) is 23.5 Å². The van der Waals surface area contributed by atoms with Crippen molar-refractivity contribution < 1.29 is 17.9 Å². The van der Waals surface area contributed by atoms with Crippen molar-refractivity contribution in [3.8, 4) is 5.75 Å². The summed E-state index contributed by atoms with van der Waals surface area (Å²) in [5.41, 5.74) is 1.12. The maximum Gasteiger partial charge on any atom is 0.260 e. The number of carbonyl (C=O) groups is 1. The fourth-order valence-electron chi connectivity index (χ4n) is 3.48. The summed E-state index contributed by atoms with van der Waals surface area (Å²) < 4.78 is 31.2. The predicted molar refractivity (Wildman–Crippen MR) is 134 cm³/mol. The van der Waals surface area contributed by atoms with Crippen LogP contribution in [0.25, 0.3) is 10.2 Å². The lowest BCUT2D eigenvalue weighted by molar-refractivity contribution is 0.0983. The molecule has 1 aromatic heterocycles. The molecule has 178 valence electrons. The quantitative estimate of drug-likeness (QED) is 0.395. The molecule has 3 rings (SSSR count). The van der Waals surface area contributed by atoms with Crippen molar-refractivity contribution in [1.29, 1.82) is 0 Å². The zero-order valence-corrected chi connectivity index (χ0v) is 21.2. The van der Waals surface area contributed by atoms with Crippen LogP contribution in [-0.4, -0.2) is 62.7 Å². The average molecular weight is 490 g/mol. The average Bonchev–Trinajstić information content (AvgIpc) is 3.25.